The number of benzene rings is 1. The predicted octanol–water partition coefficient (Wildman–Crippen LogP) is 4.86. The molecule has 1 aromatic carbocycles. The van der Waals surface area contributed by atoms with Crippen molar-refractivity contribution in [2.24, 2.45) is 0 Å². The van der Waals surface area contributed by atoms with Crippen LogP contribution < -0.4 is 9.47 Å². The molecular weight excluding hydrogens is 316 g/mol. The summed E-state index contributed by atoms with van der Waals surface area (Å²) in [6.45, 7) is 5.20. The number of hydrogen-bond acceptors (Lipinski definition) is 2. The molecule has 1 atom stereocenters. The van der Waals surface area contributed by atoms with Crippen molar-refractivity contribution in [2.45, 2.75) is 38.5 Å². The van der Waals surface area contributed by atoms with Crippen molar-refractivity contribution in [3.8, 4) is 11.5 Å². The zero-order valence-corrected chi connectivity index (χ0v) is 13.1. The van der Waals surface area contributed by atoms with Gasteiger partial charge in [0, 0.05) is 10.0 Å². The normalized spacial score (nSPS) is 18.3. The zero-order valence-electron chi connectivity index (χ0n) is 10.8. The van der Waals surface area contributed by atoms with Crippen molar-refractivity contribution in [1.29, 1.82) is 0 Å². The van der Waals surface area contributed by atoms with Gasteiger partial charge in [0.2, 0.25) is 0 Å². The lowest BCUT2D eigenvalue weighted by Crippen LogP contribution is -2.11. The van der Waals surface area contributed by atoms with Crippen LogP contribution in [-0.2, 0) is 6.42 Å². The van der Waals surface area contributed by atoms with E-state index in [1.54, 1.807) is 0 Å². The van der Waals surface area contributed by atoms with Gasteiger partial charge < -0.3 is 9.47 Å². The summed E-state index contributed by atoms with van der Waals surface area (Å²) in [5.74, 6) is 1.62. The molecule has 4 heteroatoms. The SMILES string of the molecule is CCOc1cc(Br)c2c(c1OCC)C(Cl)CCC2. The number of alkyl halides is 1. The Bertz CT molecular complexity index is 434. The molecule has 2 nitrogen and oxygen atoms in total. The third-order valence-electron chi connectivity index (χ3n) is 3.13. The Morgan fingerprint density at radius 1 is 1.33 bits per heavy atom. The summed E-state index contributed by atoms with van der Waals surface area (Å²) < 4.78 is 12.5. The van der Waals surface area contributed by atoms with Gasteiger partial charge in [-0.15, -0.1) is 11.6 Å². The first-order valence-corrected chi connectivity index (χ1v) is 7.66. The van der Waals surface area contributed by atoms with E-state index < -0.39 is 0 Å². The highest BCUT2D eigenvalue weighted by atomic mass is 79.9. The minimum atomic E-state index is 0.0204. The Hall–Kier alpha value is -0.410. The van der Waals surface area contributed by atoms with Crippen molar-refractivity contribution in [3.63, 3.8) is 0 Å². The molecule has 1 aliphatic carbocycles. The van der Waals surface area contributed by atoms with E-state index in [-0.39, 0.29) is 5.38 Å². The second-order valence-electron chi connectivity index (χ2n) is 4.30. The molecule has 0 saturated heterocycles. The van der Waals surface area contributed by atoms with Crippen LogP contribution in [0.2, 0.25) is 0 Å². The monoisotopic (exact) mass is 332 g/mol. The molecule has 0 saturated carbocycles. The van der Waals surface area contributed by atoms with Gasteiger partial charge in [-0.2, -0.15) is 0 Å². The van der Waals surface area contributed by atoms with Crippen molar-refractivity contribution >= 4 is 27.5 Å². The maximum atomic E-state index is 6.48. The molecule has 0 aliphatic heterocycles. The van der Waals surface area contributed by atoms with Crippen LogP contribution in [0.5, 0.6) is 11.5 Å². The third kappa shape index (κ3) is 2.62. The fourth-order valence-corrected chi connectivity index (χ4v) is 3.41. The first kappa shape index (κ1) is 14.0. The minimum absolute atomic E-state index is 0.0204. The maximum absolute atomic E-state index is 6.48. The Balaban J connectivity index is 2.56. The molecule has 18 heavy (non-hydrogen) atoms. The predicted molar refractivity (Wildman–Crippen MR) is 78.0 cm³/mol. The van der Waals surface area contributed by atoms with Gasteiger partial charge in [-0.05, 0) is 44.7 Å². The van der Waals surface area contributed by atoms with Gasteiger partial charge >= 0.3 is 0 Å². The highest BCUT2D eigenvalue weighted by Gasteiger charge is 2.27. The van der Waals surface area contributed by atoms with Gasteiger partial charge in [0.05, 0.1) is 18.6 Å². The second-order valence-corrected chi connectivity index (χ2v) is 5.68. The number of rotatable bonds is 4. The smallest absolute Gasteiger partial charge is 0.166 e. The van der Waals surface area contributed by atoms with Crippen molar-refractivity contribution in [3.05, 3.63) is 21.7 Å². The number of ether oxygens (including phenoxy) is 2. The van der Waals surface area contributed by atoms with E-state index in [9.17, 15) is 0 Å². The van der Waals surface area contributed by atoms with Gasteiger partial charge in [0.25, 0.3) is 0 Å². The third-order valence-corrected chi connectivity index (χ3v) is 4.27. The second kappa shape index (κ2) is 6.16. The van der Waals surface area contributed by atoms with E-state index in [1.807, 2.05) is 19.9 Å². The van der Waals surface area contributed by atoms with E-state index in [2.05, 4.69) is 15.9 Å². The van der Waals surface area contributed by atoms with Crippen molar-refractivity contribution in [2.75, 3.05) is 13.2 Å². The molecule has 0 heterocycles. The van der Waals surface area contributed by atoms with Crippen molar-refractivity contribution in [1.82, 2.24) is 0 Å². The summed E-state index contributed by atoms with van der Waals surface area (Å²) in [4.78, 5) is 0. The largest absolute Gasteiger partial charge is 0.490 e. The molecule has 0 bridgehead atoms. The van der Waals surface area contributed by atoms with E-state index in [1.165, 1.54) is 5.56 Å². The molecule has 0 fully saturated rings. The van der Waals surface area contributed by atoms with Crippen LogP contribution >= 0.6 is 27.5 Å². The molecular formula is C14H18BrClO2. The quantitative estimate of drug-likeness (QED) is 0.732. The fourth-order valence-electron chi connectivity index (χ4n) is 2.41. The average Bonchev–Trinajstić information content (AvgIpc) is 2.35. The lowest BCUT2D eigenvalue weighted by molar-refractivity contribution is 0.283. The van der Waals surface area contributed by atoms with Gasteiger partial charge in [-0.25, -0.2) is 0 Å². The Morgan fingerprint density at radius 2 is 2.06 bits per heavy atom. The molecule has 1 unspecified atom stereocenters. The first-order chi connectivity index (χ1) is 8.69. The number of fused-ring (bicyclic) bond motifs is 1. The number of hydrogen-bond donors (Lipinski definition) is 0. The Kier molecular flexibility index (Phi) is 4.79. The summed E-state index contributed by atoms with van der Waals surface area (Å²) in [6, 6.07) is 2.00. The van der Waals surface area contributed by atoms with Gasteiger partial charge in [-0.1, -0.05) is 15.9 Å². The Labute approximate surface area is 122 Å². The van der Waals surface area contributed by atoms with Gasteiger partial charge in [0.1, 0.15) is 0 Å². The minimum Gasteiger partial charge on any atom is -0.490 e. The highest BCUT2D eigenvalue weighted by molar-refractivity contribution is 9.10. The summed E-state index contributed by atoms with van der Waals surface area (Å²) in [5, 5.41) is 0.0204. The molecule has 100 valence electrons. The first-order valence-electron chi connectivity index (χ1n) is 6.43. The fraction of sp³-hybridized carbons (Fsp3) is 0.571. The van der Waals surface area contributed by atoms with Gasteiger partial charge in [-0.3, -0.25) is 0 Å². The maximum Gasteiger partial charge on any atom is 0.166 e. The summed E-state index contributed by atoms with van der Waals surface area (Å²) in [6.07, 6.45) is 3.17. The van der Waals surface area contributed by atoms with Crippen LogP contribution in [0.4, 0.5) is 0 Å². The molecule has 0 amide bonds. The summed E-state index contributed by atoms with van der Waals surface area (Å²) >= 11 is 10.1. The molecule has 2 rings (SSSR count). The van der Waals surface area contributed by atoms with Crippen LogP contribution in [0, 0.1) is 0 Å². The topological polar surface area (TPSA) is 18.5 Å². The van der Waals surface area contributed by atoms with Gasteiger partial charge in [0.15, 0.2) is 11.5 Å². The van der Waals surface area contributed by atoms with Crippen LogP contribution in [0.25, 0.3) is 0 Å². The zero-order chi connectivity index (χ0) is 13.1. The van der Waals surface area contributed by atoms with E-state index in [0.717, 1.165) is 40.8 Å². The Morgan fingerprint density at radius 3 is 2.72 bits per heavy atom. The van der Waals surface area contributed by atoms with Crippen LogP contribution in [0.1, 0.15) is 43.2 Å². The number of halogens is 2. The van der Waals surface area contributed by atoms with Crippen LogP contribution in [0.3, 0.4) is 0 Å². The summed E-state index contributed by atoms with van der Waals surface area (Å²) in [7, 11) is 0. The van der Waals surface area contributed by atoms with E-state index >= 15 is 0 Å². The lowest BCUT2D eigenvalue weighted by atomic mass is 9.90. The van der Waals surface area contributed by atoms with Crippen LogP contribution in [-0.4, -0.2) is 13.2 Å². The van der Waals surface area contributed by atoms with Crippen LogP contribution in [0.15, 0.2) is 10.5 Å². The lowest BCUT2D eigenvalue weighted by Gasteiger charge is -2.26. The molecule has 0 radical (unpaired) electrons. The standard InChI is InChI=1S/C14H18BrClO2/c1-3-17-12-8-10(15)9-6-5-7-11(16)13(9)14(12)18-4-2/h8,11H,3-7H2,1-2H3. The molecule has 0 spiro atoms. The average molecular weight is 334 g/mol. The van der Waals surface area contributed by atoms with E-state index in [4.69, 9.17) is 21.1 Å². The van der Waals surface area contributed by atoms with Crippen molar-refractivity contribution < 1.29 is 9.47 Å². The van der Waals surface area contributed by atoms with E-state index in [0.29, 0.717) is 13.2 Å². The molecule has 1 aliphatic rings. The molecule has 0 aromatic heterocycles. The summed E-state index contributed by atoms with van der Waals surface area (Å²) in [5.41, 5.74) is 2.38. The molecule has 0 N–H and O–H groups in total. The molecule has 1 aromatic rings. The highest BCUT2D eigenvalue weighted by Crippen LogP contribution is 2.48.